The second kappa shape index (κ2) is 8.17. The lowest BCUT2D eigenvalue weighted by Crippen LogP contribution is -2.33. The SMILES string of the molecule is CN(C)c1ncnc(CCCC(=O)CC[n+]2ccccc2)n1. The molecule has 0 radical (unpaired) electrons. The van der Waals surface area contributed by atoms with Gasteiger partial charge in [-0.2, -0.15) is 4.98 Å². The number of Topliss-reactive ketones (excluding diaryl/α,β-unsaturated/α-hetero) is 1. The molecule has 2 rings (SSSR count). The van der Waals surface area contributed by atoms with Crippen molar-refractivity contribution in [1.29, 1.82) is 0 Å². The Morgan fingerprint density at radius 1 is 1.14 bits per heavy atom. The van der Waals surface area contributed by atoms with E-state index >= 15 is 0 Å². The molecule has 0 aromatic carbocycles. The van der Waals surface area contributed by atoms with Gasteiger partial charge in [0.1, 0.15) is 17.9 Å². The molecule has 116 valence electrons. The largest absolute Gasteiger partial charge is 0.347 e. The van der Waals surface area contributed by atoms with E-state index in [4.69, 9.17) is 0 Å². The van der Waals surface area contributed by atoms with Crippen LogP contribution in [-0.2, 0) is 17.8 Å². The van der Waals surface area contributed by atoms with Gasteiger partial charge in [-0.05, 0) is 6.42 Å². The second-order valence-electron chi connectivity index (χ2n) is 5.35. The molecule has 0 amide bonds. The van der Waals surface area contributed by atoms with Crippen LogP contribution in [-0.4, -0.2) is 34.8 Å². The normalized spacial score (nSPS) is 10.5. The van der Waals surface area contributed by atoms with Gasteiger partial charge in [-0.15, -0.1) is 0 Å². The molecule has 0 fully saturated rings. The summed E-state index contributed by atoms with van der Waals surface area (Å²) in [6.45, 7) is 0.732. The van der Waals surface area contributed by atoms with Gasteiger partial charge in [0.15, 0.2) is 18.9 Å². The molecular formula is C16H22N5O+. The fourth-order valence-electron chi connectivity index (χ4n) is 2.06. The fourth-order valence-corrected chi connectivity index (χ4v) is 2.06. The maximum absolute atomic E-state index is 11.9. The Labute approximate surface area is 130 Å². The standard InChI is InChI=1S/C16H22N5O/c1-20(2)16-18-13-17-15(19-16)8-6-7-14(22)9-12-21-10-4-3-5-11-21/h3-5,10-11,13H,6-9,12H2,1-2H3/q+1. The Morgan fingerprint density at radius 2 is 1.91 bits per heavy atom. The number of pyridine rings is 1. The van der Waals surface area contributed by atoms with Crippen LogP contribution < -0.4 is 9.47 Å². The third-order valence-corrected chi connectivity index (χ3v) is 3.29. The highest BCUT2D eigenvalue weighted by atomic mass is 16.1. The minimum absolute atomic E-state index is 0.276. The summed E-state index contributed by atoms with van der Waals surface area (Å²) in [5.74, 6) is 1.67. The van der Waals surface area contributed by atoms with Crippen molar-refractivity contribution in [3.05, 3.63) is 42.7 Å². The Morgan fingerprint density at radius 3 is 2.64 bits per heavy atom. The molecule has 0 aliphatic carbocycles. The van der Waals surface area contributed by atoms with Gasteiger partial charge in [0.2, 0.25) is 5.95 Å². The van der Waals surface area contributed by atoms with Crippen molar-refractivity contribution in [3.8, 4) is 0 Å². The van der Waals surface area contributed by atoms with Crippen LogP contribution in [0.5, 0.6) is 0 Å². The van der Waals surface area contributed by atoms with Crippen molar-refractivity contribution < 1.29 is 9.36 Å². The summed E-state index contributed by atoms with van der Waals surface area (Å²) < 4.78 is 2.02. The molecule has 0 unspecified atom stereocenters. The minimum Gasteiger partial charge on any atom is -0.347 e. The average molecular weight is 300 g/mol. The number of hydrogen-bond donors (Lipinski definition) is 0. The van der Waals surface area contributed by atoms with Gasteiger partial charge in [-0.3, -0.25) is 4.79 Å². The van der Waals surface area contributed by atoms with Crippen LogP contribution in [0.1, 0.15) is 25.1 Å². The second-order valence-corrected chi connectivity index (χ2v) is 5.35. The number of aromatic nitrogens is 4. The highest BCUT2D eigenvalue weighted by molar-refractivity contribution is 5.78. The molecule has 0 aliphatic rings. The van der Waals surface area contributed by atoms with E-state index in [0.717, 1.165) is 18.8 Å². The number of rotatable bonds is 8. The molecule has 0 N–H and O–H groups in total. The van der Waals surface area contributed by atoms with Crippen LogP contribution in [0.15, 0.2) is 36.9 Å². The summed E-state index contributed by atoms with van der Waals surface area (Å²) in [4.78, 5) is 26.3. The van der Waals surface area contributed by atoms with E-state index in [1.54, 1.807) is 0 Å². The minimum atomic E-state index is 0.276. The van der Waals surface area contributed by atoms with Gasteiger partial charge in [-0.25, -0.2) is 14.5 Å². The fraction of sp³-hybridized carbons (Fsp3) is 0.438. The highest BCUT2D eigenvalue weighted by Crippen LogP contribution is 2.05. The van der Waals surface area contributed by atoms with E-state index in [2.05, 4.69) is 15.0 Å². The van der Waals surface area contributed by atoms with Gasteiger partial charge in [-0.1, -0.05) is 6.07 Å². The summed E-state index contributed by atoms with van der Waals surface area (Å²) in [7, 11) is 3.79. The molecule has 2 heterocycles. The average Bonchev–Trinajstić information content (AvgIpc) is 2.54. The molecule has 6 nitrogen and oxygen atoms in total. The summed E-state index contributed by atoms with van der Waals surface area (Å²) in [6.07, 6.45) is 8.07. The Balaban J connectivity index is 1.72. The molecule has 22 heavy (non-hydrogen) atoms. The first-order chi connectivity index (χ1) is 10.6. The number of carbonyl (C=O) groups is 1. The number of hydrogen-bond acceptors (Lipinski definition) is 5. The van der Waals surface area contributed by atoms with Crippen molar-refractivity contribution in [1.82, 2.24) is 15.0 Å². The number of aryl methyl sites for hydroxylation is 2. The van der Waals surface area contributed by atoms with Crippen LogP contribution >= 0.6 is 0 Å². The Bertz CT molecular complexity index is 600. The van der Waals surface area contributed by atoms with E-state index in [-0.39, 0.29) is 5.78 Å². The number of carbonyl (C=O) groups excluding carboxylic acids is 1. The molecule has 2 aromatic heterocycles. The van der Waals surface area contributed by atoms with E-state index in [9.17, 15) is 4.79 Å². The zero-order chi connectivity index (χ0) is 15.8. The molecular weight excluding hydrogens is 278 g/mol. The molecule has 6 heteroatoms. The third kappa shape index (κ3) is 5.20. The Hall–Kier alpha value is -2.37. The van der Waals surface area contributed by atoms with Crippen molar-refractivity contribution in [2.45, 2.75) is 32.2 Å². The van der Waals surface area contributed by atoms with Crippen LogP contribution in [0.3, 0.4) is 0 Å². The van der Waals surface area contributed by atoms with Gasteiger partial charge < -0.3 is 4.90 Å². The van der Waals surface area contributed by atoms with E-state index < -0.39 is 0 Å². The van der Waals surface area contributed by atoms with Crippen LogP contribution in [0, 0.1) is 0 Å². The Kier molecular flexibility index (Phi) is 5.94. The molecule has 0 aliphatic heterocycles. The predicted molar refractivity (Wildman–Crippen MR) is 83.4 cm³/mol. The monoisotopic (exact) mass is 300 g/mol. The van der Waals surface area contributed by atoms with Gasteiger partial charge in [0.05, 0.1) is 6.42 Å². The first-order valence-corrected chi connectivity index (χ1v) is 7.46. The smallest absolute Gasteiger partial charge is 0.228 e. The predicted octanol–water partition coefficient (Wildman–Crippen LogP) is 1.21. The summed E-state index contributed by atoms with van der Waals surface area (Å²) >= 11 is 0. The van der Waals surface area contributed by atoms with Crippen molar-refractivity contribution in [2.75, 3.05) is 19.0 Å². The molecule has 0 atom stereocenters. The van der Waals surface area contributed by atoms with Crippen molar-refractivity contribution >= 4 is 11.7 Å². The van der Waals surface area contributed by atoms with Crippen LogP contribution in [0.4, 0.5) is 5.95 Å². The van der Waals surface area contributed by atoms with Crippen molar-refractivity contribution in [2.24, 2.45) is 0 Å². The lowest BCUT2D eigenvalue weighted by Gasteiger charge is -2.09. The van der Waals surface area contributed by atoms with Crippen LogP contribution in [0.25, 0.3) is 0 Å². The van der Waals surface area contributed by atoms with E-state index in [1.165, 1.54) is 6.33 Å². The molecule has 0 saturated heterocycles. The van der Waals surface area contributed by atoms with Crippen LogP contribution in [0.2, 0.25) is 0 Å². The number of ketones is 1. The maximum Gasteiger partial charge on any atom is 0.228 e. The molecule has 0 spiro atoms. The topological polar surface area (TPSA) is 62.9 Å². The first-order valence-electron chi connectivity index (χ1n) is 7.46. The highest BCUT2D eigenvalue weighted by Gasteiger charge is 2.08. The zero-order valence-electron chi connectivity index (χ0n) is 13.1. The third-order valence-electron chi connectivity index (χ3n) is 3.29. The quantitative estimate of drug-likeness (QED) is 0.686. The summed E-state index contributed by atoms with van der Waals surface area (Å²) in [6, 6.07) is 5.90. The van der Waals surface area contributed by atoms with Crippen molar-refractivity contribution in [3.63, 3.8) is 0 Å². The summed E-state index contributed by atoms with van der Waals surface area (Å²) in [5.41, 5.74) is 0. The zero-order valence-corrected chi connectivity index (χ0v) is 13.1. The molecule has 0 bridgehead atoms. The first kappa shape index (κ1) is 16.0. The maximum atomic E-state index is 11.9. The van der Waals surface area contributed by atoms with E-state index in [0.29, 0.717) is 25.2 Å². The summed E-state index contributed by atoms with van der Waals surface area (Å²) in [5, 5.41) is 0. The number of anilines is 1. The van der Waals surface area contributed by atoms with Gasteiger partial charge in [0.25, 0.3) is 0 Å². The lowest BCUT2D eigenvalue weighted by molar-refractivity contribution is -0.695. The molecule has 2 aromatic rings. The lowest BCUT2D eigenvalue weighted by atomic mass is 10.1. The molecule has 0 saturated carbocycles. The number of nitrogens with zero attached hydrogens (tertiary/aromatic N) is 5. The van der Waals surface area contributed by atoms with Gasteiger partial charge >= 0.3 is 0 Å². The van der Waals surface area contributed by atoms with Gasteiger partial charge in [0, 0.05) is 39.1 Å². The van der Waals surface area contributed by atoms with E-state index in [1.807, 2.05) is 54.2 Å².